The highest BCUT2D eigenvalue weighted by Crippen LogP contribution is 2.12. The van der Waals surface area contributed by atoms with E-state index in [9.17, 15) is 9.18 Å². The average molecular weight is 267 g/mol. The maximum Gasteiger partial charge on any atom is 0.220 e. The van der Waals surface area contributed by atoms with Crippen molar-refractivity contribution in [1.82, 2.24) is 15.3 Å². The monoisotopic (exact) mass is 267 g/mol. The lowest BCUT2D eigenvalue weighted by Gasteiger charge is -2.01. The number of aromatic nitrogens is 2. The summed E-state index contributed by atoms with van der Waals surface area (Å²) in [4.78, 5) is 18.5. The molecule has 1 heterocycles. The van der Waals surface area contributed by atoms with Gasteiger partial charge in [0.2, 0.25) is 5.91 Å². The lowest BCUT2D eigenvalue weighted by atomic mass is 10.3. The largest absolute Gasteiger partial charge is 0.356 e. The Bertz CT molecular complexity index is 555. The number of fused-ring (bicyclic) bond motifs is 1. The molecule has 96 valence electrons. The van der Waals surface area contributed by atoms with Crippen molar-refractivity contribution >= 4 is 29.6 Å². The molecule has 0 bridgehead atoms. The molecule has 2 aromatic rings. The van der Waals surface area contributed by atoms with Crippen LogP contribution < -0.4 is 5.32 Å². The van der Waals surface area contributed by atoms with Crippen molar-refractivity contribution in [2.45, 2.75) is 12.8 Å². The number of nitrogens with one attached hydrogen (secondary N) is 2. The third kappa shape index (κ3) is 3.22. The predicted molar refractivity (Wildman–Crippen MR) is 71.2 cm³/mol. The summed E-state index contributed by atoms with van der Waals surface area (Å²) in [6.07, 6.45) is 1.00. The lowest BCUT2D eigenvalue weighted by Crippen LogP contribution is -2.25. The van der Waals surface area contributed by atoms with E-state index >= 15 is 0 Å². The molecule has 0 aliphatic heterocycles. The number of hydrogen-bond donors (Lipinski definition) is 3. The number of rotatable bonds is 5. The Balaban J connectivity index is 1.94. The van der Waals surface area contributed by atoms with Crippen LogP contribution in [0.5, 0.6) is 0 Å². The van der Waals surface area contributed by atoms with Gasteiger partial charge < -0.3 is 10.3 Å². The average Bonchev–Trinajstić information content (AvgIpc) is 2.71. The number of amides is 1. The molecular weight excluding hydrogens is 253 g/mol. The van der Waals surface area contributed by atoms with Crippen LogP contribution in [0.15, 0.2) is 18.2 Å². The second-order valence-corrected chi connectivity index (χ2v) is 4.37. The molecule has 6 heteroatoms. The number of carbonyl (C=O) groups is 1. The molecule has 0 saturated heterocycles. The molecule has 0 atom stereocenters. The molecule has 4 nitrogen and oxygen atoms in total. The quantitative estimate of drug-likeness (QED) is 0.722. The third-order valence-electron chi connectivity index (χ3n) is 2.52. The van der Waals surface area contributed by atoms with E-state index in [-0.39, 0.29) is 11.7 Å². The van der Waals surface area contributed by atoms with E-state index in [1.807, 2.05) is 0 Å². The van der Waals surface area contributed by atoms with Gasteiger partial charge in [0.15, 0.2) is 0 Å². The van der Waals surface area contributed by atoms with Crippen LogP contribution in [0.4, 0.5) is 4.39 Å². The van der Waals surface area contributed by atoms with E-state index in [0.717, 1.165) is 11.3 Å². The third-order valence-corrected chi connectivity index (χ3v) is 2.74. The highest BCUT2D eigenvalue weighted by Gasteiger charge is 2.04. The van der Waals surface area contributed by atoms with E-state index in [0.29, 0.717) is 30.7 Å². The fourth-order valence-corrected chi connectivity index (χ4v) is 1.87. The van der Waals surface area contributed by atoms with Crippen LogP contribution in [0, 0.1) is 5.82 Å². The number of halogens is 1. The number of hydrogen-bond acceptors (Lipinski definition) is 3. The summed E-state index contributed by atoms with van der Waals surface area (Å²) in [6.45, 7) is 0.509. The number of thiol groups is 1. The smallest absolute Gasteiger partial charge is 0.220 e. The Kier molecular flexibility index (Phi) is 4.19. The van der Waals surface area contributed by atoms with Crippen molar-refractivity contribution in [1.29, 1.82) is 0 Å². The highest BCUT2D eigenvalue weighted by atomic mass is 32.1. The maximum atomic E-state index is 13.0. The zero-order chi connectivity index (χ0) is 13.0. The minimum atomic E-state index is -0.292. The molecule has 0 spiro atoms. The molecule has 0 radical (unpaired) electrons. The fourth-order valence-electron chi connectivity index (χ4n) is 1.66. The first kappa shape index (κ1) is 12.9. The van der Waals surface area contributed by atoms with Gasteiger partial charge in [0.05, 0.1) is 11.0 Å². The van der Waals surface area contributed by atoms with Gasteiger partial charge in [-0.25, -0.2) is 9.37 Å². The van der Waals surface area contributed by atoms with Crippen LogP contribution in [0.2, 0.25) is 0 Å². The SMILES string of the molecule is O=C(CCS)NCCc1nc2ccc(F)cc2[nH]1. The van der Waals surface area contributed by atoms with Crippen LogP contribution in [0.1, 0.15) is 12.2 Å². The first-order valence-corrected chi connectivity index (χ1v) is 6.34. The Labute approximate surface area is 109 Å². The zero-order valence-electron chi connectivity index (χ0n) is 9.74. The normalized spacial score (nSPS) is 10.8. The molecular formula is C12H14FN3OS. The topological polar surface area (TPSA) is 57.8 Å². The van der Waals surface area contributed by atoms with E-state index in [1.165, 1.54) is 12.1 Å². The van der Waals surface area contributed by atoms with Gasteiger partial charge in [0, 0.05) is 19.4 Å². The van der Waals surface area contributed by atoms with Crippen molar-refractivity contribution in [3.63, 3.8) is 0 Å². The lowest BCUT2D eigenvalue weighted by molar-refractivity contribution is -0.120. The van der Waals surface area contributed by atoms with E-state index in [2.05, 4.69) is 27.9 Å². The molecule has 0 saturated carbocycles. The maximum absolute atomic E-state index is 13.0. The van der Waals surface area contributed by atoms with E-state index in [4.69, 9.17) is 0 Å². The summed E-state index contributed by atoms with van der Waals surface area (Å²) in [6, 6.07) is 4.41. The van der Waals surface area contributed by atoms with Gasteiger partial charge in [0.25, 0.3) is 0 Å². The van der Waals surface area contributed by atoms with Crippen LogP contribution in [0.25, 0.3) is 11.0 Å². The molecule has 2 rings (SSSR count). The van der Waals surface area contributed by atoms with Crippen molar-refractivity contribution < 1.29 is 9.18 Å². The molecule has 1 amide bonds. The molecule has 1 aromatic heterocycles. The van der Waals surface area contributed by atoms with Gasteiger partial charge in [-0.1, -0.05) is 0 Å². The summed E-state index contributed by atoms with van der Waals surface area (Å²) in [7, 11) is 0. The molecule has 0 unspecified atom stereocenters. The van der Waals surface area contributed by atoms with Crippen molar-refractivity contribution in [3.8, 4) is 0 Å². The van der Waals surface area contributed by atoms with Gasteiger partial charge in [-0.2, -0.15) is 12.6 Å². The first-order valence-electron chi connectivity index (χ1n) is 5.71. The Morgan fingerprint density at radius 1 is 1.50 bits per heavy atom. The molecule has 1 aromatic carbocycles. The Morgan fingerprint density at radius 3 is 3.11 bits per heavy atom. The molecule has 0 aliphatic rings. The minimum absolute atomic E-state index is 0.0212. The van der Waals surface area contributed by atoms with E-state index < -0.39 is 0 Å². The minimum Gasteiger partial charge on any atom is -0.356 e. The Hall–Kier alpha value is -1.56. The summed E-state index contributed by atoms with van der Waals surface area (Å²) >= 11 is 3.98. The number of benzene rings is 1. The summed E-state index contributed by atoms with van der Waals surface area (Å²) < 4.78 is 13.0. The van der Waals surface area contributed by atoms with Crippen LogP contribution in [0.3, 0.4) is 0 Å². The molecule has 0 fully saturated rings. The second kappa shape index (κ2) is 5.86. The van der Waals surface area contributed by atoms with Crippen LogP contribution in [-0.2, 0) is 11.2 Å². The van der Waals surface area contributed by atoms with Crippen molar-refractivity contribution in [2.24, 2.45) is 0 Å². The fraction of sp³-hybridized carbons (Fsp3) is 0.333. The number of nitrogens with zero attached hydrogens (tertiary/aromatic N) is 1. The number of H-pyrrole nitrogens is 1. The molecule has 18 heavy (non-hydrogen) atoms. The van der Waals surface area contributed by atoms with Crippen molar-refractivity contribution in [3.05, 3.63) is 29.8 Å². The highest BCUT2D eigenvalue weighted by molar-refractivity contribution is 7.80. The van der Waals surface area contributed by atoms with Gasteiger partial charge in [-0.05, 0) is 24.0 Å². The standard InChI is InChI=1S/C12H14FN3OS/c13-8-1-2-9-10(7-8)16-11(15-9)3-5-14-12(17)4-6-18/h1-2,7,18H,3-6H2,(H,14,17)(H,15,16). The van der Waals surface area contributed by atoms with Crippen molar-refractivity contribution in [2.75, 3.05) is 12.3 Å². The van der Waals surface area contributed by atoms with Gasteiger partial charge >= 0.3 is 0 Å². The number of imidazole rings is 1. The zero-order valence-corrected chi connectivity index (χ0v) is 10.6. The second-order valence-electron chi connectivity index (χ2n) is 3.92. The van der Waals surface area contributed by atoms with Crippen LogP contribution >= 0.6 is 12.6 Å². The number of aromatic amines is 1. The molecule has 0 aliphatic carbocycles. The summed E-state index contributed by atoms with van der Waals surface area (Å²) in [5.74, 6) is 0.962. The summed E-state index contributed by atoms with van der Waals surface area (Å²) in [5, 5.41) is 2.77. The number of carbonyl (C=O) groups excluding carboxylic acids is 1. The van der Waals surface area contributed by atoms with Crippen LogP contribution in [-0.4, -0.2) is 28.2 Å². The summed E-state index contributed by atoms with van der Waals surface area (Å²) in [5.41, 5.74) is 1.40. The van der Waals surface area contributed by atoms with E-state index in [1.54, 1.807) is 6.07 Å². The predicted octanol–water partition coefficient (Wildman–Crippen LogP) is 1.68. The molecule has 2 N–H and O–H groups in total. The van der Waals surface area contributed by atoms with Gasteiger partial charge in [0.1, 0.15) is 11.6 Å². The van der Waals surface area contributed by atoms with Gasteiger partial charge in [-0.3, -0.25) is 4.79 Å². The Morgan fingerprint density at radius 2 is 2.33 bits per heavy atom. The first-order chi connectivity index (χ1) is 8.69. The van der Waals surface area contributed by atoms with Gasteiger partial charge in [-0.15, -0.1) is 0 Å².